The van der Waals surface area contributed by atoms with Crippen LogP contribution in [-0.2, 0) is 4.74 Å². The lowest BCUT2D eigenvalue weighted by Crippen LogP contribution is -2.29. The van der Waals surface area contributed by atoms with Crippen molar-refractivity contribution in [3.8, 4) is 0 Å². The summed E-state index contributed by atoms with van der Waals surface area (Å²) in [5.74, 6) is 0. The summed E-state index contributed by atoms with van der Waals surface area (Å²) in [6.45, 7) is 2.22. The number of rotatable bonds is 3. The van der Waals surface area contributed by atoms with Gasteiger partial charge in [0.15, 0.2) is 0 Å². The van der Waals surface area contributed by atoms with E-state index < -0.39 is 0 Å². The predicted octanol–water partition coefficient (Wildman–Crippen LogP) is 4.40. The molecule has 0 heterocycles. The Morgan fingerprint density at radius 1 is 1.06 bits per heavy atom. The molecule has 86 valence electrons. The molecule has 0 unspecified atom stereocenters. The molecule has 1 aromatic rings. The molecule has 2 rings (SSSR count). The van der Waals surface area contributed by atoms with Crippen LogP contribution in [0.2, 0.25) is 0 Å². The van der Waals surface area contributed by atoms with Crippen molar-refractivity contribution in [2.24, 2.45) is 0 Å². The predicted molar refractivity (Wildman–Crippen MR) is 68.1 cm³/mol. The van der Waals surface area contributed by atoms with Gasteiger partial charge in [0, 0.05) is 0 Å². The van der Waals surface area contributed by atoms with Crippen molar-refractivity contribution in [3.63, 3.8) is 0 Å². The Kier molecular flexibility index (Phi) is 3.66. The normalized spacial score (nSPS) is 19.8. The third-order valence-electron chi connectivity index (χ3n) is 3.32. The van der Waals surface area contributed by atoms with E-state index in [1.807, 2.05) is 30.5 Å². The second-order valence-electron chi connectivity index (χ2n) is 4.84. The van der Waals surface area contributed by atoms with Gasteiger partial charge in [-0.3, -0.25) is 0 Å². The molecular formula is C15H20O. The first-order valence-electron chi connectivity index (χ1n) is 6.18. The van der Waals surface area contributed by atoms with Crippen LogP contribution in [0.25, 0.3) is 6.08 Å². The topological polar surface area (TPSA) is 9.23 Å². The van der Waals surface area contributed by atoms with Crippen molar-refractivity contribution in [1.82, 2.24) is 0 Å². The molecule has 0 atom stereocenters. The maximum Gasteiger partial charge on any atom is 0.105 e. The highest BCUT2D eigenvalue weighted by molar-refractivity contribution is 5.47. The highest BCUT2D eigenvalue weighted by atomic mass is 16.5. The third-order valence-corrected chi connectivity index (χ3v) is 3.32. The highest BCUT2D eigenvalue weighted by Gasteiger charge is 2.26. The molecule has 1 aliphatic rings. The second kappa shape index (κ2) is 5.20. The highest BCUT2D eigenvalue weighted by Crippen LogP contribution is 2.31. The van der Waals surface area contributed by atoms with Crippen molar-refractivity contribution in [3.05, 3.63) is 42.2 Å². The van der Waals surface area contributed by atoms with Crippen LogP contribution >= 0.6 is 0 Å². The van der Waals surface area contributed by atoms with Crippen molar-refractivity contribution in [2.45, 2.75) is 44.6 Å². The molecule has 0 radical (unpaired) electrons. The Balaban J connectivity index is 1.89. The van der Waals surface area contributed by atoms with Gasteiger partial charge in [0.05, 0.1) is 6.26 Å². The van der Waals surface area contributed by atoms with Crippen LogP contribution in [0.15, 0.2) is 36.6 Å². The average molecular weight is 216 g/mol. The fourth-order valence-electron chi connectivity index (χ4n) is 2.26. The van der Waals surface area contributed by atoms with E-state index in [-0.39, 0.29) is 5.60 Å². The van der Waals surface area contributed by atoms with Gasteiger partial charge in [-0.2, -0.15) is 0 Å². The van der Waals surface area contributed by atoms with Gasteiger partial charge in [-0.1, -0.05) is 36.8 Å². The SMILES string of the molecule is CC1(OC=Cc2ccccc2)CCCCC1. The van der Waals surface area contributed by atoms with Crippen molar-refractivity contribution in [1.29, 1.82) is 0 Å². The zero-order valence-electron chi connectivity index (χ0n) is 9.99. The van der Waals surface area contributed by atoms with Gasteiger partial charge in [-0.25, -0.2) is 0 Å². The fourth-order valence-corrected chi connectivity index (χ4v) is 2.26. The zero-order chi connectivity index (χ0) is 11.3. The van der Waals surface area contributed by atoms with Gasteiger partial charge in [0.2, 0.25) is 0 Å². The average Bonchev–Trinajstić information content (AvgIpc) is 2.31. The van der Waals surface area contributed by atoms with Gasteiger partial charge < -0.3 is 4.74 Å². The minimum atomic E-state index is 0.0729. The Morgan fingerprint density at radius 2 is 1.75 bits per heavy atom. The lowest BCUT2D eigenvalue weighted by atomic mass is 9.86. The van der Waals surface area contributed by atoms with Gasteiger partial charge in [-0.15, -0.1) is 0 Å². The lowest BCUT2D eigenvalue weighted by Gasteiger charge is -2.32. The molecule has 1 fully saturated rings. The summed E-state index contributed by atoms with van der Waals surface area (Å²) < 4.78 is 5.89. The van der Waals surface area contributed by atoms with Crippen molar-refractivity contribution in [2.75, 3.05) is 0 Å². The fraction of sp³-hybridized carbons (Fsp3) is 0.467. The number of ether oxygens (including phenoxy) is 1. The van der Waals surface area contributed by atoms with Gasteiger partial charge in [0.25, 0.3) is 0 Å². The smallest absolute Gasteiger partial charge is 0.105 e. The summed E-state index contributed by atoms with van der Waals surface area (Å²) in [4.78, 5) is 0. The maximum atomic E-state index is 5.89. The van der Waals surface area contributed by atoms with E-state index in [1.165, 1.54) is 37.7 Å². The van der Waals surface area contributed by atoms with Crippen LogP contribution in [0.1, 0.15) is 44.6 Å². The standard InChI is InChI=1S/C15H20O/c1-15(11-6-3-7-12-15)16-13-10-14-8-4-2-5-9-14/h2,4-5,8-10,13H,3,6-7,11-12H2,1H3. The molecular weight excluding hydrogens is 196 g/mol. The molecule has 0 bridgehead atoms. The van der Waals surface area contributed by atoms with Crippen molar-refractivity contribution < 1.29 is 4.74 Å². The Labute approximate surface area is 98.1 Å². The van der Waals surface area contributed by atoms with E-state index >= 15 is 0 Å². The van der Waals surface area contributed by atoms with E-state index in [1.54, 1.807) is 0 Å². The first-order chi connectivity index (χ1) is 7.79. The van der Waals surface area contributed by atoms with E-state index in [9.17, 15) is 0 Å². The van der Waals surface area contributed by atoms with Crippen LogP contribution in [0.5, 0.6) is 0 Å². The molecule has 0 N–H and O–H groups in total. The molecule has 0 spiro atoms. The summed E-state index contributed by atoms with van der Waals surface area (Å²) in [6, 6.07) is 10.3. The van der Waals surface area contributed by atoms with E-state index in [0.717, 1.165) is 0 Å². The summed E-state index contributed by atoms with van der Waals surface area (Å²) in [5, 5.41) is 0. The second-order valence-corrected chi connectivity index (χ2v) is 4.84. The van der Waals surface area contributed by atoms with E-state index in [4.69, 9.17) is 4.74 Å². The molecule has 1 saturated carbocycles. The molecule has 0 saturated heterocycles. The molecule has 0 amide bonds. The molecule has 16 heavy (non-hydrogen) atoms. The monoisotopic (exact) mass is 216 g/mol. The molecule has 1 aliphatic carbocycles. The van der Waals surface area contributed by atoms with Crippen LogP contribution in [0.4, 0.5) is 0 Å². The summed E-state index contributed by atoms with van der Waals surface area (Å²) >= 11 is 0. The zero-order valence-corrected chi connectivity index (χ0v) is 9.99. The van der Waals surface area contributed by atoms with Gasteiger partial charge in [-0.05, 0) is 44.2 Å². The summed E-state index contributed by atoms with van der Waals surface area (Å²) in [5.41, 5.74) is 1.27. The van der Waals surface area contributed by atoms with Crippen LogP contribution < -0.4 is 0 Å². The van der Waals surface area contributed by atoms with Gasteiger partial charge >= 0.3 is 0 Å². The Morgan fingerprint density at radius 3 is 2.44 bits per heavy atom. The minimum absolute atomic E-state index is 0.0729. The molecule has 1 nitrogen and oxygen atoms in total. The molecule has 1 heteroatoms. The van der Waals surface area contributed by atoms with Crippen LogP contribution in [-0.4, -0.2) is 5.60 Å². The van der Waals surface area contributed by atoms with Crippen LogP contribution in [0, 0.1) is 0 Å². The molecule has 0 aromatic heterocycles. The summed E-state index contributed by atoms with van der Waals surface area (Å²) in [7, 11) is 0. The number of hydrogen-bond acceptors (Lipinski definition) is 1. The maximum absolute atomic E-state index is 5.89. The largest absolute Gasteiger partial charge is 0.495 e. The number of benzene rings is 1. The van der Waals surface area contributed by atoms with Crippen LogP contribution in [0.3, 0.4) is 0 Å². The van der Waals surface area contributed by atoms with Gasteiger partial charge in [0.1, 0.15) is 5.60 Å². The van der Waals surface area contributed by atoms with E-state index in [0.29, 0.717) is 0 Å². The Hall–Kier alpha value is -1.24. The van der Waals surface area contributed by atoms with E-state index in [2.05, 4.69) is 19.1 Å². The Bertz CT molecular complexity index is 334. The number of hydrogen-bond donors (Lipinski definition) is 0. The minimum Gasteiger partial charge on any atom is -0.495 e. The molecule has 1 aromatic carbocycles. The third kappa shape index (κ3) is 3.13. The van der Waals surface area contributed by atoms with Crippen molar-refractivity contribution >= 4 is 6.08 Å². The first kappa shape index (κ1) is 11.3. The first-order valence-corrected chi connectivity index (χ1v) is 6.18. The quantitative estimate of drug-likeness (QED) is 0.681. The molecule has 0 aliphatic heterocycles. The lowest BCUT2D eigenvalue weighted by molar-refractivity contribution is 0.00706. The summed E-state index contributed by atoms with van der Waals surface area (Å²) in [6.07, 6.45) is 10.2.